The van der Waals surface area contributed by atoms with Gasteiger partial charge in [-0.1, -0.05) is 67.9 Å². The number of halogens is 2. The van der Waals surface area contributed by atoms with E-state index in [2.05, 4.69) is 24.5 Å². The van der Waals surface area contributed by atoms with E-state index in [1.165, 1.54) is 10.4 Å². The van der Waals surface area contributed by atoms with E-state index in [-0.39, 0.29) is 5.82 Å². The van der Waals surface area contributed by atoms with Crippen molar-refractivity contribution >= 4 is 38.1 Å². The molecule has 7 heteroatoms. The van der Waals surface area contributed by atoms with Crippen molar-refractivity contribution in [3.63, 3.8) is 0 Å². The van der Waals surface area contributed by atoms with E-state index in [0.29, 0.717) is 47.5 Å². The standard InChI is InChI=1S/C30H30ClFN2O2S/c1-20(2)22-11-13-24(14-12-22)37(35,36)33-17-15-23(16-18-33)30-21(3)34(29-10-5-4-7-25(29)30)19-26-27(31)8-6-9-28(26)32/h4-15,20H,16-19H2,1-3H3. The van der Waals surface area contributed by atoms with Crippen LogP contribution in [0.3, 0.4) is 0 Å². The third-order valence-electron chi connectivity index (χ3n) is 7.29. The summed E-state index contributed by atoms with van der Waals surface area (Å²) in [4.78, 5) is 0.322. The second-order valence-electron chi connectivity index (χ2n) is 9.83. The van der Waals surface area contributed by atoms with Crippen LogP contribution < -0.4 is 0 Å². The lowest BCUT2D eigenvalue weighted by Gasteiger charge is -2.26. The number of aromatic nitrogens is 1. The van der Waals surface area contributed by atoms with E-state index < -0.39 is 10.0 Å². The Kier molecular flexibility index (Phi) is 7.01. The van der Waals surface area contributed by atoms with Crippen LogP contribution in [0.2, 0.25) is 5.02 Å². The van der Waals surface area contributed by atoms with Gasteiger partial charge >= 0.3 is 0 Å². The van der Waals surface area contributed by atoms with E-state index in [9.17, 15) is 12.8 Å². The average molecular weight is 537 g/mol. The Morgan fingerprint density at radius 3 is 2.38 bits per heavy atom. The van der Waals surface area contributed by atoms with E-state index in [1.807, 2.05) is 43.3 Å². The van der Waals surface area contributed by atoms with Crippen molar-refractivity contribution in [3.8, 4) is 0 Å². The second kappa shape index (κ2) is 10.1. The van der Waals surface area contributed by atoms with E-state index in [1.54, 1.807) is 24.3 Å². The maximum atomic E-state index is 14.6. The molecule has 5 rings (SSSR count). The first-order valence-electron chi connectivity index (χ1n) is 12.5. The number of para-hydroxylation sites is 1. The molecule has 192 valence electrons. The summed E-state index contributed by atoms with van der Waals surface area (Å²) in [5, 5.41) is 1.47. The van der Waals surface area contributed by atoms with Gasteiger partial charge in [0, 0.05) is 45.8 Å². The lowest BCUT2D eigenvalue weighted by atomic mass is 9.97. The van der Waals surface area contributed by atoms with Crippen LogP contribution >= 0.6 is 11.6 Å². The summed E-state index contributed by atoms with van der Waals surface area (Å²) < 4.78 is 44.9. The SMILES string of the molecule is Cc1c(C2=CCN(S(=O)(=O)c3ccc(C(C)C)cc3)CC2)c2ccccc2n1Cc1c(F)cccc1Cl. The van der Waals surface area contributed by atoms with Gasteiger partial charge in [-0.15, -0.1) is 0 Å². The van der Waals surface area contributed by atoms with Gasteiger partial charge < -0.3 is 4.57 Å². The van der Waals surface area contributed by atoms with Crippen molar-refractivity contribution in [3.05, 3.63) is 106 Å². The number of benzene rings is 3. The highest BCUT2D eigenvalue weighted by Gasteiger charge is 2.28. The summed E-state index contributed by atoms with van der Waals surface area (Å²) in [5.41, 5.74) is 5.76. The highest BCUT2D eigenvalue weighted by molar-refractivity contribution is 7.89. The van der Waals surface area contributed by atoms with Crippen LogP contribution in [0.4, 0.5) is 4.39 Å². The molecule has 1 aliphatic heterocycles. The molecular weight excluding hydrogens is 507 g/mol. The van der Waals surface area contributed by atoms with Gasteiger partial charge in [0.05, 0.1) is 11.4 Å². The highest BCUT2D eigenvalue weighted by Crippen LogP contribution is 2.36. The Morgan fingerprint density at radius 2 is 1.73 bits per heavy atom. The van der Waals surface area contributed by atoms with Crippen molar-refractivity contribution < 1.29 is 12.8 Å². The summed E-state index contributed by atoms with van der Waals surface area (Å²) in [6, 6.07) is 20.0. The first-order valence-corrected chi connectivity index (χ1v) is 14.3. The molecule has 0 saturated heterocycles. The van der Waals surface area contributed by atoms with Gasteiger partial charge in [-0.25, -0.2) is 12.8 Å². The molecule has 37 heavy (non-hydrogen) atoms. The van der Waals surface area contributed by atoms with Gasteiger partial charge in [0.15, 0.2) is 0 Å². The molecule has 0 fully saturated rings. The minimum atomic E-state index is -3.58. The summed E-state index contributed by atoms with van der Waals surface area (Å²) in [7, 11) is -3.58. The molecule has 0 saturated carbocycles. The minimum absolute atomic E-state index is 0.307. The van der Waals surface area contributed by atoms with E-state index in [0.717, 1.165) is 33.3 Å². The zero-order valence-corrected chi connectivity index (χ0v) is 22.8. The Bertz CT molecular complexity index is 1580. The van der Waals surface area contributed by atoms with Gasteiger partial charge in [-0.2, -0.15) is 4.31 Å². The fourth-order valence-corrected chi connectivity index (χ4v) is 6.75. The topological polar surface area (TPSA) is 42.3 Å². The molecule has 3 aromatic carbocycles. The Balaban J connectivity index is 1.47. The maximum absolute atomic E-state index is 14.6. The molecular formula is C30H30ClFN2O2S. The predicted molar refractivity (Wildman–Crippen MR) is 149 cm³/mol. The van der Waals surface area contributed by atoms with Crippen LogP contribution in [0.25, 0.3) is 16.5 Å². The highest BCUT2D eigenvalue weighted by atomic mass is 35.5. The maximum Gasteiger partial charge on any atom is 0.243 e. The minimum Gasteiger partial charge on any atom is -0.340 e. The second-order valence-corrected chi connectivity index (χ2v) is 12.2. The van der Waals surface area contributed by atoms with Crippen molar-refractivity contribution in [2.24, 2.45) is 0 Å². The van der Waals surface area contributed by atoms with Crippen LogP contribution in [-0.4, -0.2) is 30.4 Å². The monoisotopic (exact) mass is 536 g/mol. The molecule has 2 heterocycles. The number of hydrogen-bond acceptors (Lipinski definition) is 2. The molecule has 1 aliphatic rings. The number of hydrogen-bond donors (Lipinski definition) is 0. The first kappa shape index (κ1) is 25.7. The van der Waals surface area contributed by atoms with E-state index >= 15 is 0 Å². The largest absolute Gasteiger partial charge is 0.340 e. The van der Waals surface area contributed by atoms with Gasteiger partial charge in [0.1, 0.15) is 5.82 Å². The fourth-order valence-electron chi connectivity index (χ4n) is 5.15. The predicted octanol–water partition coefficient (Wildman–Crippen LogP) is 7.39. The molecule has 1 aromatic heterocycles. The van der Waals surface area contributed by atoms with Crippen LogP contribution in [0.15, 0.2) is 77.7 Å². The van der Waals surface area contributed by atoms with Crippen LogP contribution in [-0.2, 0) is 16.6 Å². The van der Waals surface area contributed by atoms with Crippen molar-refractivity contribution in [2.45, 2.75) is 44.6 Å². The van der Waals surface area contributed by atoms with Gasteiger partial charge in [0.2, 0.25) is 10.0 Å². The third-order valence-corrected chi connectivity index (χ3v) is 9.52. The van der Waals surface area contributed by atoms with Gasteiger partial charge in [-0.3, -0.25) is 0 Å². The van der Waals surface area contributed by atoms with Crippen LogP contribution in [0, 0.1) is 12.7 Å². The normalized spacial score (nSPS) is 14.9. The molecule has 0 bridgehead atoms. The molecule has 0 radical (unpaired) electrons. The molecule has 0 atom stereocenters. The number of sulfonamides is 1. The Labute approximate surface area is 223 Å². The van der Waals surface area contributed by atoms with Crippen LogP contribution in [0.5, 0.6) is 0 Å². The molecule has 0 unspecified atom stereocenters. The molecule has 0 amide bonds. The fraction of sp³-hybridized carbons (Fsp3) is 0.267. The summed E-state index contributed by atoms with van der Waals surface area (Å²) in [5.74, 6) is 0.0161. The van der Waals surface area contributed by atoms with Crippen molar-refractivity contribution in [2.75, 3.05) is 13.1 Å². The number of fused-ring (bicyclic) bond motifs is 1. The summed E-state index contributed by atoms with van der Waals surface area (Å²) in [6.07, 6.45) is 2.61. The number of nitrogens with zero attached hydrogens (tertiary/aromatic N) is 2. The van der Waals surface area contributed by atoms with E-state index in [4.69, 9.17) is 11.6 Å². The molecule has 0 spiro atoms. The van der Waals surface area contributed by atoms with Gasteiger partial charge in [-0.05, 0) is 60.7 Å². The summed E-state index contributed by atoms with van der Waals surface area (Å²) in [6.45, 7) is 7.23. The lowest BCUT2D eigenvalue weighted by molar-refractivity contribution is 0.441. The molecule has 0 aliphatic carbocycles. The number of rotatable bonds is 6. The zero-order chi connectivity index (χ0) is 26.3. The lowest BCUT2D eigenvalue weighted by Crippen LogP contribution is -2.34. The Morgan fingerprint density at radius 1 is 1.00 bits per heavy atom. The summed E-state index contributed by atoms with van der Waals surface area (Å²) >= 11 is 6.34. The van der Waals surface area contributed by atoms with Crippen molar-refractivity contribution in [1.82, 2.24) is 8.87 Å². The Hall–Kier alpha value is -2.93. The smallest absolute Gasteiger partial charge is 0.243 e. The molecule has 4 aromatic rings. The van der Waals surface area contributed by atoms with Crippen LogP contribution in [0.1, 0.15) is 48.6 Å². The molecule has 4 nitrogen and oxygen atoms in total. The first-order chi connectivity index (χ1) is 17.7. The van der Waals surface area contributed by atoms with Gasteiger partial charge in [0.25, 0.3) is 0 Å². The van der Waals surface area contributed by atoms with Crippen molar-refractivity contribution in [1.29, 1.82) is 0 Å². The molecule has 0 N–H and O–H groups in total. The zero-order valence-electron chi connectivity index (χ0n) is 21.2. The average Bonchev–Trinajstić information content (AvgIpc) is 3.17. The third kappa shape index (κ3) is 4.74. The quantitative estimate of drug-likeness (QED) is 0.258.